The number of nitrogens with zero attached hydrogens (tertiary/aromatic N) is 2. The maximum atomic E-state index is 12.4. The predicted octanol–water partition coefficient (Wildman–Crippen LogP) is 1.49. The van der Waals surface area contributed by atoms with E-state index in [0.29, 0.717) is 23.3 Å². The zero-order valence-corrected chi connectivity index (χ0v) is 11.3. The van der Waals surface area contributed by atoms with Gasteiger partial charge >= 0.3 is 0 Å². The van der Waals surface area contributed by atoms with Crippen LogP contribution >= 0.6 is 0 Å². The molecule has 2 rings (SSSR count). The first kappa shape index (κ1) is 13.1. The number of carbonyl (C=O) groups is 1. The second-order valence-corrected chi connectivity index (χ2v) is 5.16. The molecule has 2 unspecified atom stereocenters. The van der Waals surface area contributed by atoms with Gasteiger partial charge < -0.3 is 15.1 Å². The van der Waals surface area contributed by atoms with Crippen LogP contribution < -0.4 is 5.73 Å². The van der Waals surface area contributed by atoms with E-state index in [-0.39, 0.29) is 11.9 Å². The molecule has 100 valence electrons. The molecular weight excluding hydrogens is 230 g/mol. The number of piperidine rings is 1. The molecule has 0 radical (unpaired) electrons. The minimum atomic E-state index is -0.0570. The van der Waals surface area contributed by atoms with Crippen LogP contribution in [0.25, 0.3) is 0 Å². The quantitative estimate of drug-likeness (QED) is 0.864. The maximum absolute atomic E-state index is 12.4. The molecule has 0 bridgehead atoms. The highest BCUT2D eigenvalue weighted by Gasteiger charge is 2.29. The summed E-state index contributed by atoms with van der Waals surface area (Å²) in [6.45, 7) is 7.06. The van der Waals surface area contributed by atoms with E-state index in [0.717, 1.165) is 25.9 Å². The van der Waals surface area contributed by atoms with Crippen molar-refractivity contribution >= 4 is 5.91 Å². The van der Waals surface area contributed by atoms with Crippen LogP contribution in [0.3, 0.4) is 0 Å². The summed E-state index contributed by atoms with van der Waals surface area (Å²) in [5.41, 5.74) is 6.60. The summed E-state index contributed by atoms with van der Waals surface area (Å²) in [5, 5.41) is 0. The topological polar surface area (TPSA) is 72.4 Å². The van der Waals surface area contributed by atoms with E-state index in [4.69, 9.17) is 10.2 Å². The number of hydrogen-bond acceptors (Lipinski definition) is 4. The molecule has 2 atom stereocenters. The highest BCUT2D eigenvalue weighted by atomic mass is 16.4. The van der Waals surface area contributed by atoms with Gasteiger partial charge in [-0.05, 0) is 32.6 Å². The highest BCUT2D eigenvalue weighted by Crippen LogP contribution is 2.21. The Kier molecular flexibility index (Phi) is 3.71. The van der Waals surface area contributed by atoms with Crippen molar-refractivity contribution in [3.8, 4) is 0 Å². The first-order valence-corrected chi connectivity index (χ1v) is 6.48. The lowest BCUT2D eigenvalue weighted by Crippen LogP contribution is -2.45. The molecule has 1 aliphatic heterocycles. The molecule has 5 heteroatoms. The van der Waals surface area contributed by atoms with Gasteiger partial charge in [-0.1, -0.05) is 0 Å². The molecule has 2 heterocycles. The normalized spacial score (nSPS) is 22.0. The van der Waals surface area contributed by atoms with E-state index in [2.05, 4.69) is 4.98 Å². The lowest BCUT2D eigenvalue weighted by atomic mass is 9.92. The molecule has 0 aromatic carbocycles. The summed E-state index contributed by atoms with van der Waals surface area (Å²) in [4.78, 5) is 18.3. The average molecular weight is 251 g/mol. The molecule has 1 fully saturated rings. The summed E-state index contributed by atoms with van der Waals surface area (Å²) < 4.78 is 5.39. The Morgan fingerprint density at radius 2 is 2.28 bits per heavy atom. The Morgan fingerprint density at radius 1 is 1.56 bits per heavy atom. The minimum Gasteiger partial charge on any atom is -0.436 e. The van der Waals surface area contributed by atoms with Crippen molar-refractivity contribution < 1.29 is 9.21 Å². The van der Waals surface area contributed by atoms with Gasteiger partial charge in [0.1, 0.15) is 0 Å². The molecule has 1 amide bonds. The van der Waals surface area contributed by atoms with Gasteiger partial charge in [-0.25, -0.2) is 4.98 Å². The zero-order chi connectivity index (χ0) is 13.3. The molecule has 0 saturated carbocycles. The molecule has 0 aliphatic carbocycles. The van der Waals surface area contributed by atoms with Crippen LogP contribution in [0.5, 0.6) is 0 Å². The van der Waals surface area contributed by atoms with Gasteiger partial charge in [0.15, 0.2) is 5.89 Å². The fourth-order valence-corrected chi connectivity index (χ4v) is 2.50. The van der Waals surface area contributed by atoms with Crippen molar-refractivity contribution in [2.75, 3.05) is 13.1 Å². The largest absolute Gasteiger partial charge is 0.436 e. The monoisotopic (exact) mass is 251 g/mol. The fraction of sp³-hybridized carbons (Fsp3) is 0.692. The van der Waals surface area contributed by atoms with E-state index in [1.807, 2.05) is 11.8 Å². The molecule has 1 aliphatic rings. The number of amides is 1. The van der Waals surface area contributed by atoms with Crippen molar-refractivity contribution in [2.45, 2.75) is 39.7 Å². The highest BCUT2D eigenvalue weighted by molar-refractivity contribution is 5.92. The van der Waals surface area contributed by atoms with Gasteiger partial charge in [0.2, 0.25) is 5.76 Å². The number of rotatable bonds is 2. The third-order valence-electron chi connectivity index (χ3n) is 3.59. The number of oxazole rings is 1. The number of aromatic nitrogens is 1. The Bertz CT molecular complexity index is 439. The van der Waals surface area contributed by atoms with Crippen molar-refractivity contribution in [2.24, 2.45) is 11.7 Å². The smallest absolute Gasteiger partial charge is 0.291 e. The zero-order valence-electron chi connectivity index (χ0n) is 11.3. The van der Waals surface area contributed by atoms with Crippen LogP contribution in [-0.4, -0.2) is 34.9 Å². The standard InChI is InChI=1S/C13H21N3O2/c1-8(14)11-5-4-6-16(7-11)13(17)12-9(2)15-10(3)18-12/h8,11H,4-7,14H2,1-3H3. The van der Waals surface area contributed by atoms with Crippen molar-refractivity contribution in [1.29, 1.82) is 0 Å². The van der Waals surface area contributed by atoms with E-state index in [1.54, 1.807) is 13.8 Å². The maximum Gasteiger partial charge on any atom is 0.291 e. The van der Waals surface area contributed by atoms with Crippen LogP contribution in [0.4, 0.5) is 0 Å². The van der Waals surface area contributed by atoms with Crippen LogP contribution in [0.15, 0.2) is 4.42 Å². The van der Waals surface area contributed by atoms with Crippen molar-refractivity contribution in [3.63, 3.8) is 0 Å². The van der Waals surface area contributed by atoms with E-state index < -0.39 is 0 Å². The van der Waals surface area contributed by atoms with Crippen LogP contribution in [0.2, 0.25) is 0 Å². The Labute approximate surface area is 107 Å². The second-order valence-electron chi connectivity index (χ2n) is 5.16. The van der Waals surface area contributed by atoms with Gasteiger partial charge in [-0.3, -0.25) is 4.79 Å². The minimum absolute atomic E-state index is 0.0570. The number of hydrogen-bond donors (Lipinski definition) is 1. The van der Waals surface area contributed by atoms with E-state index >= 15 is 0 Å². The molecule has 2 N–H and O–H groups in total. The molecule has 1 aromatic heterocycles. The van der Waals surface area contributed by atoms with Crippen LogP contribution in [0.1, 0.15) is 41.9 Å². The third kappa shape index (κ3) is 2.56. The summed E-state index contributed by atoms with van der Waals surface area (Å²) in [6.07, 6.45) is 2.10. The van der Waals surface area contributed by atoms with Crippen LogP contribution in [0, 0.1) is 19.8 Å². The van der Waals surface area contributed by atoms with E-state index in [1.165, 1.54) is 0 Å². The number of carbonyl (C=O) groups excluding carboxylic acids is 1. The first-order chi connectivity index (χ1) is 8.49. The van der Waals surface area contributed by atoms with Crippen LogP contribution in [-0.2, 0) is 0 Å². The van der Waals surface area contributed by atoms with E-state index in [9.17, 15) is 4.79 Å². The fourth-order valence-electron chi connectivity index (χ4n) is 2.50. The summed E-state index contributed by atoms with van der Waals surface area (Å²) in [6, 6.07) is 0.123. The van der Waals surface area contributed by atoms with Crippen molar-refractivity contribution in [3.05, 3.63) is 17.3 Å². The average Bonchev–Trinajstić information content (AvgIpc) is 2.67. The van der Waals surface area contributed by atoms with Crippen molar-refractivity contribution in [1.82, 2.24) is 9.88 Å². The predicted molar refractivity (Wildman–Crippen MR) is 68.3 cm³/mol. The number of nitrogens with two attached hydrogens (primary N) is 1. The molecular formula is C13H21N3O2. The van der Waals surface area contributed by atoms with Gasteiger partial charge in [-0.15, -0.1) is 0 Å². The van der Waals surface area contributed by atoms with Gasteiger partial charge in [-0.2, -0.15) is 0 Å². The third-order valence-corrected chi connectivity index (χ3v) is 3.59. The summed E-state index contributed by atoms with van der Waals surface area (Å²) in [5.74, 6) is 1.24. The Hall–Kier alpha value is -1.36. The SMILES string of the molecule is Cc1nc(C)c(C(=O)N2CCCC(C(C)N)C2)o1. The molecule has 0 spiro atoms. The second kappa shape index (κ2) is 5.10. The molecule has 1 saturated heterocycles. The van der Waals surface area contributed by atoms with Gasteiger partial charge in [0.25, 0.3) is 5.91 Å². The Balaban J connectivity index is 2.11. The Morgan fingerprint density at radius 3 is 2.83 bits per heavy atom. The summed E-state index contributed by atoms with van der Waals surface area (Å²) >= 11 is 0. The lowest BCUT2D eigenvalue weighted by molar-refractivity contribution is 0.0626. The molecule has 1 aromatic rings. The van der Waals surface area contributed by atoms with Gasteiger partial charge in [0, 0.05) is 26.1 Å². The summed E-state index contributed by atoms with van der Waals surface area (Å²) in [7, 11) is 0. The molecule has 5 nitrogen and oxygen atoms in total. The number of likely N-dealkylation sites (tertiary alicyclic amines) is 1. The number of aryl methyl sites for hydroxylation is 2. The van der Waals surface area contributed by atoms with Gasteiger partial charge in [0.05, 0.1) is 5.69 Å². The first-order valence-electron chi connectivity index (χ1n) is 6.48. The lowest BCUT2D eigenvalue weighted by Gasteiger charge is -2.34. The molecule has 18 heavy (non-hydrogen) atoms.